The highest BCUT2D eigenvalue weighted by atomic mass is 16.5. The monoisotopic (exact) mass is 172 g/mol. The number of hydrogen-bond acceptors (Lipinski definition) is 1. The molecule has 0 aromatic rings. The van der Waals surface area contributed by atoms with Gasteiger partial charge in [0.2, 0.25) is 0 Å². The van der Waals surface area contributed by atoms with E-state index in [1.807, 2.05) is 0 Å². The molecule has 0 bridgehead atoms. The molecule has 0 atom stereocenters. The molecule has 0 fully saturated rings. The van der Waals surface area contributed by atoms with Crippen molar-refractivity contribution in [2.75, 3.05) is 13.2 Å². The number of hydrogen-bond donors (Lipinski definition) is 0. The molecule has 0 aromatic carbocycles. The van der Waals surface area contributed by atoms with E-state index in [2.05, 4.69) is 27.7 Å². The van der Waals surface area contributed by atoms with Crippen molar-refractivity contribution in [1.29, 1.82) is 0 Å². The SMILES string of the molecule is CCCCCCOCC(C)(C)C. The van der Waals surface area contributed by atoms with E-state index >= 15 is 0 Å². The lowest BCUT2D eigenvalue weighted by atomic mass is 9.99. The predicted octanol–water partition coefficient (Wildman–Crippen LogP) is 3.63. The summed E-state index contributed by atoms with van der Waals surface area (Å²) in [6, 6.07) is 0. The van der Waals surface area contributed by atoms with Crippen molar-refractivity contribution in [1.82, 2.24) is 0 Å². The lowest BCUT2D eigenvalue weighted by Gasteiger charge is -2.17. The molecule has 0 saturated heterocycles. The van der Waals surface area contributed by atoms with Gasteiger partial charge in [0.05, 0.1) is 6.61 Å². The molecule has 0 aliphatic carbocycles. The van der Waals surface area contributed by atoms with Crippen molar-refractivity contribution in [2.45, 2.75) is 53.4 Å². The van der Waals surface area contributed by atoms with Crippen LogP contribution in [0, 0.1) is 5.41 Å². The first-order valence-corrected chi connectivity index (χ1v) is 5.14. The predicted molar refractivity (Wildman–Crippen MR) is 54.4 cm³/mol. The van der Waals surface area contributed by atoms with E-state index < -0.39 is 0 Å². The average molecular weight is 172 g/mol. The van der Waals surface area contributed by atoms with Gasteiger partial charge in [-0.05, 0) is 11.8 Å². The van der Waals surface area contributed by atoms with Crippen LogP contribution >= 0.6 is 0 Å². The van der Waals surface area contributed by atoms with Crippen LogP contribution in [0.25, 0.3) is 0 Å². The lowest BCUT2D eigenvalue weighted by molar-refractivity contribution is 0.0686. The maximum absolute atomic E-state index is 5.54. The van der Waals surface area contributed by atoms with Gasteiger partial charge in [-0.3, -0.25) is 0 Å². The van der Waals surface area contributed by atoms with Crippen LogP contribution in [0.2, 0.25) is 0 Å². The summed E-state index contributed by atoms with van der Waals surface area (Å²) in [5, 5.41) is 0. The Morgan fingerprint density at radius 2 is 1.67 bits per heavy atom. The molecule has 0 radical (unpaired) electrons. The van der Waals surface area contributed by atoms with E-state index in [1.54, 1.807) is 0 Å². The Bertz CT molecular complexity index is 91.7. The molecule has 0 aromatic heterocycles. The highest BCUT2D eigenvalue weighted by molar-refractivity contribution is 4.58. The Kier molecular flexibility index (Phi) is 6.45. The summed E-state index contributed by atoms with van der Waals surface area (Å²) in [6.07, 6.45) is 5.20. The molecule has 0 amide bonds. The van der Waals surface area contributed by atoms with E-state index in [9.17, 15) is 0 Å². The molecule has 0 heterocycles. The number of rotatable bonds is 6. The van der Waals surface area contributed by atoms with Crippen LogP contribution in [0.4, 0.5) is 0 Å². The van der Waals surface area contributed by atoms with Gasteiger partial charge in [0.15, 0.2) is 0 Å². The van der Waals surface area contributed by atoms with Crippen LogP contribution in [0.5, 0.6) is 0 Å². The van der Waals surface area contributed by atoms with E-state index in [0.29, 0.717) is 5.41 Å². The maximum atomic E-state index is 5.54. The molecule has 74 valence electrons. The van der Waals surface area contributed by atoms with Crippen molar-refractivity contribution in [3.63, 3.8) is 0 Å². The Labute approximate surface area is 77.5 Å². The zero-order valence-corrected chi connectivity index (χ0v) is 9.15. The van der Waals surface area contributed by atoms with Gasteiger partial charge in [0, 0.05) is 6.61 Å². The summed E-state index contributed by atoms with van der Waals surface area (Å²) < 4.78 is 5.54. The highest BCUT2D eigenvalue weighted by Gasteiger charge is 2.08. The van der Waals surface area contributed by atoms with Crippen LogP contribution in [-0.4, -0.2) is 13.2 Å². The first kappa shape index (κ1) is 12.0. The smallest absolute Gasteiger partial charge is 0.0514 e. The molecule has 1 nitrogen and oxygen atoms in total. The minimum atomic E-state index is 0.324. The first-order valence-electron chi connectivity index (χ1n) is 5.14. The molecule has 0 spiro atoms. The maximum Gasteiger partial charge on any atom is 0.0514 e. The minimum Gasteiger partial charge on any atom is -0.381 e. The van der Waals surface area contributed by atoms with Gasteiger partial charge in [-0.2, -0.15) is 0 Å². The van der Waals surface area contributed by atoms with Crippen LogP contribution in [0.1, 0.15) is 53.4 Å². The molecule has 0 saturated carbocycles. The molecule has 0 aliphatic heterocycles. The van der Waals surface area contributed by atoms with Crippen molar-refractivity contribution in [3.05, 3.63) is 0 Å². The fourth-order valence-corrected chi connectivity index (χ4v) is 1.01. The fraction of sp³-hybridized carbons (Fsp3) is 1.00. The Hall–Kier alpha value is -0.0400. The summed E-state index contributed by atoms with van der Waals surface area (Å²) in [4.78, 5) is 0. The summed E-state index contributed by atoms with van der Waals surface area (Å²) in [5.74, 6) is 0. The van der Waals surface area contributed by atoms with Gasteiger partial charge in [-0.15, -0.1) is 0 Å². The molecule has 12 heavy (non-hydrogen) atoms. The summed E-state index contributed by atoms with van der Waals surface area (Å²) in [6.45, 7) is 10.7. The van der Waals surface area contributed by atoms with Crippen molar-refractivity contribution in [3.8, 4) is 0 Å². The van der Waals surface area contributed by atoms with Crippen molar-refractivity contribution < 1.29 is 4.74 Å². The van der Waals surface area contributed by atoms with Gasteiger partial charge in [0.1, 0.15) is 0 Å². The standard InChI is InChI=1S/C11H24O/c1-5-6-7-8-9-12-10-11(2,3)4/h5-10H2,1-4H3. The second-order valence-corrected chi connectivity index (χ2v) is 4.67. The molecular formula is C11H24O. The van der Waals surface area contributed by atoms with E-state index in [1.165, 1.54) is 25.7 Å². The minimum absolute atomic E-state index is 0.324. The van der Waals surface area contributed by atoms with E-state index in [0.717, 1.165) is 13.2 Å². The Balaban J connectivity index is 3.01. The molecule has 0 unspecified atom stereocenters. The third-order valence-corrected chi connectivity index (χ3v) is 1.68. The first-order chi connectivity index (χ1) is 5.56. The molecule has 0 rings (SSSR count). The van der Waals surface area contributed by atoms with Crippen LogP contribution < -0.4 is 0 Å². The van der Waals surface area contributed by atoms with Gasteiger partial charge in [-0.25, -0.2) is 0 Å². The van der Waals surface area contributed by atoms with Gasteiger partial charge in [0.25, 0.3) is 0 Å². The quantitative estimate of drug-likeness (QED) is 0.556. The van der Waals surface area contributed by atoms with Crippen LogP contribution in [-0.2, 0) is 4.74 Å². The van der Waals surface area contributed by atoms with Crippen molar-refractivity contribution in [2.24, 2.45) is 5.41 Å². The zero-order valence-electron chi connectivity index (χ0n) is 9.15. The fourth-order valence-electron chi connectivity index (χ4n) is 1.01. The number of ether oxygens (including phenoxy) is 1. The van der Waals surface area contributed by atoms with Gasteiger partial charge < -0.3 is 4.74 Å². The summed E-state index contributed by atoms with van der Waals surface area (Å²) >= 11 is 0. The van der Waals surface area contributed by atoms with E-state index in [4.69, 9.17) is 4.74 Å². The average Bonchev–Trinajstić information content (AvgIpc) is 1.94. The topological polar surface area (TPSA) is 9.23 Å². The van der Waals surface area contributed by atoms with Crippen LogP contribution in [0.15, 0.2) is 0 Å². The third-order valence-electron chi connectivity index (χ3n) is 1.68. The molecule has 0 aliphatic rings. The van der Waals surface area contributed by atoms with E-state index in [-0.39, 0.29) is 0 Å². The highest BCUT2D eigenvalue weighted by Crippen LogP contribution is 2.13. The zero-order chi connectivity index (χ0) is 9.45. The molecular weight excluding hydrogens is 148 g/mol. The number of unbranched alkanes of at least 4 members (excludes halogenated alkanes) is 3. The Morgan fingerprint density at radius 3 is 2.17 bits per heavy atom. The normalized spacial score (nSPS) is 12.0. The summed E-state index contributed by atoms with van der Waals surface area (Å²) in [7, 11) is 0. The molecule has 1 heteroatoms. The van der Waals surface area contributed by atoms with Crippen molar-refractivity contribution >= 4 is 0 Å². The van der Waals surface area contributed by atoms with Crippen LogP contribution in [0.3, 0.4) is 0 Å². The lowest BCUT2D eigenvalue weighted by Crippen LogP contribution is -2.14. The second kappa shape index (κ2) is 6.47. The largest absolute Gasteiger partial charge is 0.381 e. The van der Waals surface area contributed by atoms with Gasteiger partial charge in [-0.1, -0.05) is 47.0 Å². The summed E-state index contributed by atoms with van der Waals surface area (Å²) in [5.41, 5.74) is 0.324. The van der Waals surface area contributed by atoms with Gasteiger partial charge >= 0.3 is 0 Å². The Morgan fingerprint density at radius 1 is 1.00 bits per heavy atom. The molecule has 0 N–H and O–H groups in total. The third kappa shape index (κ3) is 9.96. The second-order valence-electron chi connectivity index (χ2n) is 4.67.